The molecule has 0 amide bonds. The molecule has 14 heteroatoms. The van der Waals surface area contributed by atoms with Crippen molar-refractivity contribution in [1.82, 2.24) is 0 Å². The Kier molecular flexibility index (Phi) is 11.8. The molecule has 0 saturated carbocycles. The molecule has 9 aromatic rings. The zero-order chi connectivity index (χ0) is 53.5. The van der Waals surface area contributed by atoms with Crippen molar-refractivity contribution in [3.05, 3.63) is 249 Å². The van der Waals surface area contributed by atoms with Gasteiger partial charge in [0.05, 0.1) is 33.4 Å². The van der Waals surface area contributed by atoms with Crippen LogP contribution in [0.3, 0.4) is 0 Å². The van der Waals surface area contributed by atoms with E-state index in [4.69, 9.17) is 0 Å². The minimum atomic E-state index is -1.26. The second-order valence-electron chi connectivity index (χ2n) is 18.4. The van der Waals surface area contributed by atoms with E-state index in [9.17, 15) is 59.4 Å². The van der Waals surface area contributed by atoms with Crippen molar-refractivity contribution in [3.8, 4) is 66.8 Å². The molecule has 3 aliphatic carbocycles. The molecule has 9 aromatic carbocycles. The SMILES string of the molecule is O=C(O)c1ccc(-c2cc3c(cc2-c2ccc(C(=O)O)cc2)C2(Br)c4cc(-c5ccc(C(=O)O)cc5)c(-c5ccc(C(=O)O)cc5)cc4C3(Br)c3cc(-c4ccc(C(=O)O)cc4)c(-c4ccc(C(=O)O)cc4)cc32)cc1. The van der Waals surface area contributed by atoms with E-state index < -0.39 is 44.5 Å². The van der Waals surface area contributed by atoms with E-state index in [-0.39, 0.29) is 33.4 Å². The van der Waals surface area contributed by atoms with E-state index in [0.717, 1.165) is 33.4 Å². The van der Waals surface area contributed by atoms with Crippen LogP contribution in [0.2, 0.25) is 0 Å². The summed E-state index contributed by atoms with van der Waals surface area (Å²) in [5.41, 5.74) is 13.1. The van der Waals surface area contributed by atoms with E-state index in [1.165, 1.54) is 72.8 Å². The average molecular weight is 1130 g/mol. The molecule has 0 radical (unpaired) electrons. The lowest BCUT2D eigenvalue weighted by molar-refractivity contribution is 0.0686. The minimum Gasteiger partial charge on any atom is -0.478 e. The molecule has 76 heavy (non-hydrogen) atoms. The highest BCUT2D eigenvalue weighted by Gasteiger charge is 2.58. The van der Waals surface area contributed by atoms with Crippen LogP contribution in [0.1, 0.15) is 95.5 Å². The lowest BCUT2D eigenvalue weighted by atomic mass is 9.58. The number of benzene rings is 9. The van der Waals surface area contributed by atoms with E-state index >= 15 is 0 Å². The molecule has 3 aliphatic rings. The molecular weight excluding hydrogens is 1100 g/mol. The van der Waals surface area contributed by atoms with Crippen molar-refractivity contribution in [3.63, 3.8) is 0 Å². The second-order valence-corrected chi connectivity index (χ2v) is 20.8. The molecule has 2 bridgehead atoms. The van der Waals surface area contributed by atoms with Crippen LogP contribution in [0.4, 0.5) is 0 Å². The molecule has 6 N–H and O–H groups in total. The highest BCUT2D eigenvalue weighted by molar-refractivity contribution is 9.10. The summed E-state index contributed by atoms with van der Waals surface area (Å²) in [6.07, 6.45) is 0. The quantitative estimate of drug-likeness (QED) is 0.0629. The highest BCUT2D eigenvalue weighted by Crippen LogP contribution is 2.69. The fourth-order valence-corrected chi connectivity index (χ4v) is 12.5. The van der Waals surface area contributed by atoms with Crippen LogP contribution < -0.4 is 0 Å². The number of hydrogen-bond acceptors (Lipinski definition) is 6. The Balaban J connectivity index is 1.27. The monoisotopic (exact) mass is 1130 g/mol. The first-order valence-corrected chi connectivity index (χ1v) is 24.9. The molecule has 0 spiro atoms. The third kappa shape index (κ3) is 7.88. The summed E-state index contributed by atoms with van der Waals surface area (Å²) < 4.78 is -2.51. The van der Waals surface area contributed by atoms with Gasteiger partial charge in [0, 0.05) is 0 Å². The smallest absolute Gasteiger partial charge is 0.335 e. The van der Waals surface area contributed by atoms with Crippen LogP contribution in [-0.2, 0) is 8.65 Å². The number of aromatic carboxylic acids is 6. The third-order valence-electron chi connectivity index (χ3n) is 14.4. The van der Waals surface area contributed by atoms with Crippen LogP contribution in [-0.4, -0.2) is 66.5 Å². The first-order valence-electron chi connectivity index (χ1n) is 23.3. The number of carboxylic acids is 6. The normalized spacial score (nSPS) is 15.7. The van der Waals surface area contributed by atoms with Crippen molar-refractivity contribution >= 4 is 67.7 Å². The molecule has 0 aromatic heterocycles. The van der Waals surface area contributed by atoms with Crippen LogP contribution in [0.5, 0.6) is 0 Å². The van der Waals surface area contributed by atoms with Crippen molar-refractivity contribution in [2.45, 2.75) is 8.65 Å². The molecule has 0 atom stereocenters. The number of rotatable bonds is 12. The Morgan fingerprint density at radius 1 is 0.237 bits per heavy atom. The zero-order valence-corrected chi connectivity index (χ0v) is 42.4. The topological polar surface area (TPSA) is 224 Å². The molecular formula is C62H36Br2O12. The number of alkyl halides is 2. The number of hydrogen-bond donors (Lipinski definition) is 6. The van der Waals surface area contributed by atoms with E-state index in [1.807, 2.05) is 36.4 Å². The van der Waals surface area contributed by atoms with Gasteiger partial charge in [-0.3, -0.25) is 0 Å². The van der Waals surface area contributed by atoms with Gasteiger partial charge < -0.3 is 30.6 Å². The van der Waals surface area contributed by atoms with Gasteiger partial charge in [-0.1, -0.05) is 105 Å². The summed E-state index contributed by atoms with van der Waals surface area (Å²) in [6, 6.07) is 51.0. The van der Waals surface area contributed by atoms with Crippen molar-refractivity contribution in [2.75, 3.05) is 0 Å². The molecule has 0 aliphatic heterocycles. The number of carboxylic acid groups (broad SMARTS) is 6. The third-order valence-corrected chi connectivity index (χ3v) is 16.9. The Bertz CT molecular complexity index is 3310. The van der Waals surface area contributed by atoms with Crippen molar-refractivity contribution < 1.29 is 59.4 Å². The van der Waals surface area contributed by atoms with Gasteiger partial charge in [-0.05, 0) is 209 Å². The van der Waals surface area contributed by atoms with Gasteiger partial charge in [0.25, 0.3) is 0 Å². The fourth-order valence-electron chi connectivity index (χ4n) is 10.6. The molecule has 12 nitrogen and oxygen atoms in total. The van der Waals surface area contributed by atoms with Gasteiger partial charge >= 0.3 is 35.8 Å². The summed E-state index contributed by atoms with van der Waals surface area (Å²) in [5.74, 6) is -6.65. The van der Waals surface area contributed by atoms with E-state index in [2.05, 4.69) is 31.9 Å². The summed E-state index contributed by atoms with van der Waals surface area (Å²) in [7, 11) is 0. The molecule has 0 heterocycles. The van der Waals surface area contributed by atoms with Gasteiger partial charge in [-0.2, -0.15) is 0 Å². The molecule has 370 valence electrons. The van der Waals surface area contributed by atoms with Crippen LogP contribution >= 0.6 is 31.9 Å². The first-order chi connectivity index (χ1) is 36.4. The van der Waals surface area contributed by atoms with Crippen molar-refractivity contribution in [1.29, 1.82) is 0 Å². The maximum Gasteiger partial charge on any atom is 0.335 e. The molecule has 0 saturated heterocycles. The van der Waals surface area contributed by atoms with Gasteiger partial charge in [0.2, 0.25) is 0 Å². The Morgan fingerprint density at radius 3 is 0.461 bits per heavy atom. The van der Waals surface area contributed by atoms with Gasteiger partial charge in [0.1, 0.15) is 8.65 Å². The lowest BCUT2D eigenvalue weighted by Gasteiger charge is -2.53. The summed E-state index contributed by atoms with van der Waals surface area (Å²) in [6.45, 7) is 0. The van der Waals surface area contributed by atoms with Crippen LogP contribution in [0.15, 0.2) is 182 Å². The largest absolute Gasteiger partial charge is 0.478 e. The van der Waals surface area contributed by atoms with Crippen molar-refractivity contribution in [2.24, 2.45) is 0 Å². The molecule has 12 rings (SSSR count). The zero-order valence-electron chi connectivity index (χ0n) is 39.2. The Labute approximate surface area is 448 Å². The maximum atomic E-state index is 12.1. The van der Waals surface area contributed by atoms with Crippen LogP contribution in [0, 0.1) is 0 Å². The number of carbonyl (C=O) groups is 6. The van der Waals surface area contributed by atoms with E-state index in [1.54, 1.807) is 72.8 Å². The van der Waals surface area contributed by atoms with E-state index in [0.29, 0.717) is 66.8 Å². The maximum absolute atomic E-state index is 12.1. The lowest BCUT2D eigenvalue weighted by Crippen LogP contribution is -2.45. The average Bonchev–Trinajstić information content (AvgIpc) is 3.44. The Morgan fingerprint density at radius 2 is 0.355 bits per heavy atom. The summed E-state index contributed by atoms with van der Waals surface area (Å²) in [4.78, 5) is 72.7. The summed E-state index contributed by atoms with van der Waals surface area (Å²) >= 11 is 8.87. The molecule has 0 unspecified atom stereocenters. The predicted octanol–water partition coefficient (Wildman–Crippen LogP) is 13.9. The first kappa shape index (κ1) is 49.0. The fraction of sp³-hybridized carbons (Fsp3) is 0.0323. The van der Waals surface area contributed by atoms with Crippen LogP contribution in [0.25, 0.3) is 66.8 Å². The highest BCUT2D eigenvalue weighted by atomic mass is 79.9. The summed E-state index contributed by atoms with van der Waals surface area (Å²) in [5, 5.41) is 59.4. The second kappa shape index (κ2) is 18.3. The number of halogens is 2. The van der Waals surface area contributed by atoms with Gasteiger partial charge in [-0.15, -0.1) is 0 Å². The minimum absolute atomic E-state index is 0.0713. The Hall–Kier alpha value is -9.24. The van der Waals surface area contributed by atoms with Gasteiger partial charge in [-0.25, -0.2) is 28.8 Å². The predicted molar refractivity (Wildman–Crippen MR) is 291 cm³/mol. The standard InChI is InChI=1S/C62H36Br2O12/c63-61-49-25-43(31-1-13-37(14-2-31)55(65)66)44(32-3-15-38(16-4-32)56(67)68)26-50(49)62(64,53-29-47(35-9-21-41(22-10-35)59(73)74)45(27-51(53)61)33-5-17-39(18-6-33)57(69)70)54-30-48(36-11-23-42(24-12-36)60(75)76)46(28-52(54)61)34-7-19-40(20-8-34)58(71)72/h1-30H,(H,65,66)(H,67,68)(H,69,70)(H,71,72)(H,73,74)(H,75,76). The van der Waals surface area contributed by atoms with Gasteiger partial charge in [0.15, 0.2) is 0 Å². The molecule has 0 fully saturated rings.